The molecule has 5 rings (SSSR count). The van der Waals surface area contributed by atoms with Crippen LogP contribution in [0.3, 0.4) is 0 Å². The first-order valence-electron chi connectivity index (χ1n) is 12.2. The van der Waals surface area contributed by atoms with Gasteiger partial charge in [0, 0.05) is 24.8 Å². The molecule has 2 N–H and O–H groups in total. The van der Waals surface area contributed by atoms with Gasteiger partial charge in [-0.2, -0.15) is 0 Å². The molecule has 1 amide bonds. The highest BCUT2D eigenvalue weighted by Crippen LogP contribution is 2.29. The molecular weight excluding hydrogens is 400 g/mol. The Morgan fingerprint density at radius 2 is 1.97 bits per heavy atom. The van der Waals surface area contributed by atoms with Crippen LogP contribution in [0.15, 0.2) is 42.5 Å². The van der Waals surface area contributed by atoms with E-state index in [0.29, 0.717) is 18.1 Å². The van der Waals surface area contributed by atoms with Crippen molar-refractivity contribution in [3.63, 3.8) is 0 Å². The van der Waals surface area contributed by atoms with Crippen LogP contribution in [-0.4, -0.2) is 44.4 Å². The van der Waals surface area contributed by atoms with Gasteiger partial charge in [-0.3, -0.25) is 4.79 Å². The van der Waals surface area contributed by atoms with Gasteiger partial charge in [0.05, 0.1) is 6.10 Å². The normalized spacial score (nSPS) is 25.2. The van der Waals surface area contributed by atoms with Gasteiger partial charge in [0.15, 0.2) is 0 Å². The van der Waals surface area contributed by atoms with Crippen LogP contribution in [0.4, 0.5) is 0 Å². The minimum Gasteiger partial charge on any atom is -0.491 e. The lowest BCUT2D eigenvalue weighted by Crippen LogP contribution is -2.38. The van der Waals surface area contributed by atoms with Crippen LogP contribution in [0.25, 0.3) is 0 Å². The summed E-state index contributed by atoms with van der Waals surface area (Å²) in [6.45, 7) is 3.65. The molecule has 0 spiro atoms. The van der Waals surface area contributed by atoms with Gasteiger partial charge in [-0.15, -0.1) is 0 Å². The van der Waals surface area contributed by atoms with Crippen LogP contribution in [-0.2, 0) is 17.6 Å². The molecular formula is C27H34N2O3. The third kappa shape index (κ3) is 5.16. The maximum Gasteiger partial charge on any atom is 0.251 e. The standard InChI is InChI=1S/C27H34N2O3/c30-27(19-8-11-25(12-9-19)32-18-26-4-2-14-31-26)29-24-10-7-20-15-21(5-6-22(20)16-24)23-3-1-13-28-17-23/h5-6,8-9,11-12,15,23-24,26,28H,1-4,7,10,13-14,16-18H2,(H,29,30)/t23?,24-,26-/m0/s1. The van der Waals surface area contributed by atoms with Crippen LogP contribution < -0.4 is 15.4 Å². The summed E-state index contributed by atoms with van der Waals surface area (Å²) in [5, 5.41) is 6.76. The van der Waals surface area contributed by atoms with Gasteiger partial charge in [-0.25, -0.2) is 0 Å². The summed E-state index contributed by atoms with van der Waals surface area (Å²) in [4.78, 5) is 12.8. The number of piperidine rings is 1. The summed E-state index contributed by atoms with van der Waals surface area (Å²) >= 11 is 0. The fourth-order valence-corrected chi connectivity index (χ4v) is 5.22. The summed E-state index contributed by atoms with van der Waals surface area (Å²) in [6, 6.07) is 14.6. The molecule has 5 heteroatoms. The van der Waals surface area contributed by atoms with Gasteiger partial charge in [-0.05, 0) is 98.4 Å². The van der Waals surface area contributed by atoms with Crippen LogP contribution in [0.5, 0.6) is 5.75 Å². The average molecular weight is 435 g/mol. The molecule has 2 saturated heterocycles. The van der Waals surface area contributed by atoms with Gasteiger partial charge in [0.1, 0.15) is 12.4 Å². The maximum absolute atomic E-state index is 12.8. The molecule has 2 aromatic rings. The van der Waals surface area contributed by atoms with E-state index >= 15 is 0 Å². The van der Waals surface area contributed by atoms with E-state index in [4.69, 9.17) is 9.47 Å². The Labute approximate surface area is 190 Å². The van der Waals surface area contributed by atoms with E-state index in [0.717, 1.165) is 57.6 Å². The molecule has 0 saturated carbocycles. The molecule has 2 aliphatic heterocycles. The van der Waals surface area contributed by atoms with Crippen molar-refractivity contribution in [1.29, 1.82) is 0 Å². The Balaban J connectivity index is 1.14. The molecule has 3 aliphatic rings. The first-order valence-corrected chi connectivity index (χ1v) is 12.2. The Morgan fingerprint density at radius 3 is 2.75 bits per heavy atom. The number of hydrogen-bond acceptors (Lipinski definition) is 4. The highest BCUT2D eigenvalue weighted by molar-refractivity contribution is 5.94. The smallest absolute Gasteiger partial charge is 0.251 e. The van der Waals surface area contributed by atoms with E-state index in [1.807, 2.05) is 24.3 Å². The Morgan fingerprint density at radius 1 is 1.06 bits per heavy atom. The fraction of sp³-hybridized carbons (Fsp3) is 0.519. The zero-order valence-corrected chi connectivity index (χ0v) is 18.8. The first kappa shape index (κ1) is 21.5. The lowest BCUT2D eigenvalue weighted by molar-refractivity contribution is 0.0679. The lowest BCUT2D eigenvalue weighted by atomic mass is 9.83. The van der Waals surface area contributed by atoms with Crippen molar-refractivity contribution in [2.45, 2.75) is 63.0 Å². The van der Waals surface area contributed by atoms with Gasteiger partial charge >= 0.3 is 0 Å². The topological polar surface area (TPSA) is 59.6 Å². The Hall–Kier alpha value is -2.37. The zero-order chi connectivity index (χ0) is 21.8. The minimum atomic E-state index is -0.00553. The molecule has 2 heterocycles. The SMILES string of the molecule is O=C(N[C@H]1CCc2cc(C3CCCNC3)ccc2C1)c1ccc(OC[C@@H]2CCCO2)cc1. The second-order valence-corrected chi connectivity index (χ2v) is 9.46. The van der Waals surface area contributed by atoms with Crippen LogP contribution in [0.2, 0.25) is 0 Å². The van der Waals surface area contributed by atoms with E-state index in [2.05, 4.69) is 28.8 Å². The Bertz CT molecular complexity index is 915. The van der Waals surface area contributed by atoms with Gasteiger partial charge in [0.25, 0.3) is 5.91 Å². The number of carbonyl (C=O) groups is 1. The third-order valence-electron chi connectivity index (χ3n) is 7.14. The van der Waals surface area contributed by atoms with Gasteiger partial charge in [0.2, 0.25) is 0 Å². The second kappa shape index (κ2) is 10.1. The molecule has 1 unspecified atom stereocenters. The number of amides is 1. The number of fused-ring (bicyclic) bond motifs is 1. The van der Waals surface area contributed by atoms with E-state index in [-0.39, 0.29) is 18.1 Å². The number of aryl methyl sites for hydroxylation is 1. The minimum absolute atomic E-state index is 0.00553. The van der Waals surface area contributed by atoms with Crippen molar-refractivity contribution in [3.8, 4) is 5.75 Å². The van der Waals surface area contributed by atoms with Crippen molar-refractivity contribution in [2.75, 3.05) is 26.3 Å². The van der Waals surface area contributed by atoms with E-state index in [1.165, 1.54) is 29.5 Å². The Kier molecular flexibility index (Phi) is 6.75. The number of hydrogen-bond donors (Lipinski definition) is 2. The first-order chi connectivity index (χ1) is 15.7. The summed E-state index contributed by atoms with van der Waals surface area (Å²) in [5.41, 5.74) is 5.00. The van der Waals surface area contributed by atoms with Crippen molar-refractivity contribution in [3.05, 3.63) is 64.7 Å². The molecule has 32 heavy (non-hydrogen) atoms. The van der Waals surface area contributed by atoms with Crippen LogP contribution in [0.1, 0.15) is 65.1 Å². The molecule has 3 atom stereocenters. The molecule has 170 valence electrons. The molecule has 2 aromatic carbocycles. The van der Waals surface area contributed by atoms with Gasteiger partial charge in [-0.1, -0.05) is 18.2 Å². The van der Waals surface area contributed by atoms with Gasteiger partial charge < -0.3 is 20.1 Å². The fourth-order valence-electron chi connectivity index (χ4n) is 5.22. The predicted molar refractivity (Wildman–Crippen MR) is 125 cm³/mol. The molecule has 2 fully saturated rings. The van der Waals surface area contributed by atoms with Crippen molar-refractivity contribution >= 4 is 5.91 Å². The molecule has 5 nitrogen and oxygen atoms in total. The summed E-state index contributed by atoms with van der Waals surface area (Å²) in [6.07, 6.45) is 7.84. The predicted octanol–water partition coefficient (Wildman–Crippen LogP) is 4.00. The third-order valence-corrected chi connectivity index (χ3v) is 7.14. The van der Waals surface area contributed by atoms with Crippen molar-refractivity contribution in [1.82, 2.24) is 10.6 Å². The summed E-state index contributed by atoms with van der Waals surface area (Å²) in [7, 11) is 0. The summed E-state index contributed by atoms with van der Waals surface area (Å²) < 4.78 is 11.4. The van der Waals surface area contributed by atoms with Crippen LogP contribution >= 0.6 is 0 Å². The molecule has 1 aliphatic carbocycles. The quantitative estimate of drug-likeness (QED) is 0.722. The number of rotatable bonds is 6. The highest BCUT2D eigenvalue weighted by Gasteiger charge is 2.23. The molecule has 0 aromatic heterocycles. The zero-order valence-electron chi connectivity index (χ0n) is 18.8. The average Bonchev–Trinajstić information content (AvgIpc) is 3.37. The van der Waals surface area contributed by atoms with Crippen molar-refractivity contribution in [2.24, 2.45) is 0 Å². The monoisotopic (exact) mass is 434 g/mol. The lowest BCUT2D eigenvalue weighted by Gasteiger charge is -2.28. The summed E-state index contributed by atoms with van der Waals surface area (Å²) in [5.74, 6) is 1.42. The molecule has 0 bridgehead atoms. The number of carbonyl (C=O) groups excluding carboxylic acids is 1. The highest BCUT2D eigenvalue weighted by atomic mass is 16.5. The number of nitrogens with one attached hydrogen (secondary N) is 2. The molecule has 0 radical (unpaired) electrons. The van der Waals surface area contributed by atoms with Crippen molar-refractivity contribution < 1.29 is 14.3 Å². The largest absolute Gasteiger partial charge is 0.491 e. The second-order valence-electron chi connectivity index (χ2n) is 9.46. The van der Waals surface area contributed by atoms with E-state index in [1.54, 1.807) is 0 Å². The number of benzene rings is 2. The van der Waals surface area contributed by atoms with E-state index < -0.39 is 0 Å². The number of ether oxygens (including phenoxy) is 2. The maximum atomic E-state index is 12.8. The van der Waals surface area contributed by atoms with E-state index in [9.17, 15) is 4.79 Å². The van der Waals surface area contributed by atoms with Crippen LogP contribution in [0, 0.1) is 0 Å².